The van der Waals surface area contributed by atoms with Crippen LogP contribution >= 0.6 is 23.2 Å². The van der Waals surface area contributed by atoms with Crippen molar-refractivity contribution in [2.75, 3.05) is 18.4 Å². The quantitative estimate of drug-likeness (QED) is 0.799. The van der Waals surface area contributed by atoms with E-state index in [-0.39, 0.29) is 11.8 Å². The molecule has 1 saturated heterocycles. The van der Waals surface area contributed by atoms with E-state index < -0.39 is 0 Å². The Labute approximate surface area is 158 Å². The highest BCUT2D eigenvalue weighted by Crippen LogP contribution is 2.28. The van der Waals surface area contributed by atoms with Gasteiger partial charge in [0, 0.05) is 34.4 Å². The molecule has 0 aromatic heterocycles. The molecule has 2 aromatic rings. The third-order valence-electron chi connectivity index (χ3n) is 4.72. The molecule has 132 valence electrons. The topological polar surface area (TPSA) is 32.3 Å². The highest BCUT2D eigenvalue weighted by atomic mass is 35.5. The Morgan fingerprint density at radius 1 is 1.16 bits per heavy atom. The molecule has 2 aromatic carbocycles. The number of aryl methyl sites for hydroxylation is 1. The minimum Gasteiger partial charge on any atom is -0.326 e. The molecule has 1 fully saturated rings. The van der Waals surface area contributed by atoms with Crippen LogP contribution < -0.4 is 5.32 Å². The van der Waals surface area contributed by atoms with Gasteiger partial charge in [-0.3, -0.25) is 9.69 Å². The summed E-state index contributed by atoms with van der Waals surface area (Å²) in [4.78, 5) is 14.9. The summed E-state index contributed by atoms with van der Waals surface area (Å²) < 4.78 is 0. The number of hydrogen-bond acceptors (Lipinski definition) is 2. The molecule has 0 radical (unpaired) electrons. The van der Waals surface area contributed by atoms with Gasteiger partial charge in [0.2, 0.25) is 5.91 Å². The number of anilines is 1. The summed E-state index contributed by atoms with van der Waals surface area (Å²) in [6.45, 7) is 4.35. The van der Waals surface area contributed by atoms with Crippen LogP contribution in [0.1, 0.15) is 24.0 Å². The van der Waals surface area contributed by atoms with Crippen molar-refractivity contribution in [3.63, 3.8) is 0 Å². The molecule has 1 unspecified atom stereocenters. The number of likely N-dealkylation sites (tertiary alicyclic amines) is 1. The van der Waals surface area contributed by atoms with Crippen LogP contribution in [0.15, 0.2) is 42.5 Å². The van der Waals surface area contributed by atoms with Crippen molar-refractivity contribution < 1.29 is 4.79 Å². The Hall–Kier alpha value is -1.55. The van der Waals surface area contributed by atoms with Gasteiger partial charge in [-0.15, -0.1) is 0 Å². The molecule has 1 N–H and O–H groups in total. The predicted octanol–water partition coefficient (Wildman–Crippen LogP) is 5.15. The fourth-order valence-electron chi connectivity index (χ4n) is 3.27. The second-order valence-corrected chi connectivity index (χ2v) is 7.39. The fourth-order valence-corrected chi connectivity index (χ4v) is 3.79. The maximum Gasteiger partial charge on any atom is 0.228 e. The van der Waals surface area contributed by atoms with E-state index in [0.717, 1.165) is 42.7 Å². The van der Waals surface area contributed by atoms with Crippen molar-refractivity contribution in [3.8, 4) is 0 Å². The molecule has 1 atom stereocenters. The molecular weight excluding hydrogens is 355 g/mol. The molecule has 3 rings (SSSR count). The largest absolute Gasteiger partial charge is 0.326 e. The highest BCUT2D eigenvalue weighted by Gasteiger charge is 2.26. The lowest BCUT2D eigenvalue weighted by molar-refractivity contribution is -0.121. The molecule has 25 heavy (non-hydrogen) atoms. The van der Waals surface area contributed by atoms with Crippen molar-refractivity contribution >= 4 is 34.8 Å². The summed E-state index contributed by atoms with van der Waals surface area (Å²) in [6.07, 6.45) is 1.90. The number of para-hydroxylation sites is 1. The van der Waals surface area contributed by atoms with Gasteiger partial charge < -0.3 is 5.32 Å². The molecule has 3 nitrogen and oxygen atoms in total. The molecule has 0 saturated carbocycles. The third-order valence-corrected chi connectivity index (χ3v) is 5.43. The van der Waals surface area contributed by atoms with Crippen molar-refractivity contribution in [1.29, 1.82) is 0 Å². The number of hydrogen-bond donors (Lipinski definition) is 1. The Bertz CT molecular complexity index is 743. The van der Waals surface area contributed by atoms with Crippen LogP contribution in [0.4, 0.5) is 5.69 Å². The van der Waals surface area contributed by atoms with Crippen molar-refractivity contribution in [2.24, 2.45) is 5.92 Å². The van der Waals surface area contributed by atoms with Gasteiger partial charge in [0.05, 0.1) is 5.92 Å². The van der Waals surface area contributed by atoms with Gasteiger partial charge in [0.15, 0.2) is 0 Å². The molecule has 0 bridgehead atoms. The fraction of sp³-hybridized carbons (Fsp3) is 0.350. The summed E-state index contributed by atoms with van der Waals surface area (Å²) in [6, 6.07) is 13.4. The molecule has 5 heteroatoms. The van der Waals surface area contributed by atoms with Gasteiger partial charge in [-0.1, -0.05) is 47.5 Å². The summed E-state index contributed by atoms with van der Waals surface area (Å²) in [5.74, 6) is 0.0684. The predicted molar refractivity (Wildman–Crippen MR) is 104 cm³/mol. The zero-order chi connectivity index (χ0) is 17.8. The van der Waals surface area contributed by atoms with E-state index >= 15 is 0 Å². The number of carbonyl (C=O) groups is 1. The first kappa shape index (κ1) is 18.2. The van der Waals surface area contributed by atoms with E-state index in [0.29, 0.717) is 16.6 Å². The highest BCUT2D eigenvalue weighted by molar-refractivity contribution is 6.35. The van der Waals surface area contributed by atoms with Gasteiger partial charge in [0.25, 0.3) is 0 Å². The summed E-state index contributed by atoms with van der Waals surface area (Å²) in [7, 11) is 0. The standard InChI is InChI=1S/C20H22Cl2N2O/c1-14-6-2-3-10-19(14)23-20(25)15-7-5-11-24(12-15)13-16-17(21)8-4-9-18(16)22/h2-4,6,8-10,15H,5,7,11-13H2,1H3,(H,23,25). The molecule has 0 aliphatic carbocycles. The van der Waals surface area contributed by atoms with Crippen LogP contribution in [0.5, 0.6) is 0 Å². The molecule has 0 spiro atoms. The number of benzene rings is 2. The average Bonchev–Trinajstić information content (AvgIpc) is 2.60. The lowest BCUT2D eigenvalue weighted by atomic mass is 9.96. The van der Waals surface area contributed by atoms with E-state index in [4.69, 9.17) is 23.2 Å². The lowest BCUT2D eigenvalue weighted by Crippen LogP contribution is -2.40. The Morgan fingerprint density at radius 3 is 2.60 bits per heavy atom. The van der Waals surface area contributed by atoms with Crippen molar-refractivity contribution in [3.05, 3.63) is 63.6 Å². The van der Waals surface area contributed by atoms with E-state index in [1.807, 2.05) is 49.4 Å². The number of nitrogens with one attached hydrogen (secondary N) is 1. The minimum absolute atomic E-state index is 0.0189. The number of carbonyl (C=O) groups excluding carboxylic acids is 1. The van der Waals surface area contributed by atoms with Gasteiger partial charge in [-0.05, 0) is 50.1 Å². The summed E-state index contributed by atoms with van der Waals surface area (Å²) in [5.41, 5.74) is 2.90. The van der Waals surface area contributed by atoms with Crippen LogP contribution in [0.25, 0.3) is 0 Å². The smallest absolute Gasteiger partial charge is 0.228 e. The van der Waals surface area contributed by atoms with E-state index in [2.05, 4.69) is 10.2 Å². The molecule has 1 aliphatic rings. The van der Waals surface area contributed by atoms with Crippen molar-refractivity contribution in [1.82, 2.24) is 4.90 Å². The first-order valence-corrected chi connectivity index (χ1v) is 9.32. The first-order valence-electron chi connectivity index (χ1n) is 8.56. The van der Waals surface area contributed by atoms with Crippen LogP contribution in [-0.4, -0.2) is 23.9 Å². The number of halogens is 2. The van der Waals surface area contributed by atoms with Crippen LogP contribution in [0, 0.1) is 12.8 Å². The van der Waals surface area contributed by atoms with Crippen LogP contribution in [0.2, 0.25) is 10.0 Å². The maximum absolute atomic E-state index is 12.7. The summed E-state index contributed by atoms with van der Waals surface area (Å²) >= 11 is 12.6. The second-order valence-electron chi connectivity index (χ2n) is 6.58. The molecule has 1 amide bonds. The van der Waals surface area contributed by atoms with Gasteiger partial charge in [0.1, 0.15) is 0 Å². The zero-order valence-corrected chi connectivity index (χ0v) is 15.8. The Balaban J connectivity index is 1.65. The van der Waals surface area contributed by atoms with E-state index in [1.54, 1.807) is 0 Å². The molecule has 1 heterocycles. The number of nitrogens with zero attached hydrogens (tertiary/aromatic N) is 1. The number of rotatable bonds is 4. The number of amides is 1. The van der Waals surface area contributed by atoms with E-state index in [1.165, 1.54) is 0 Å². The second kappa shape index (κ2) is 8.22. The lowest BCUT2D eigenvalue weighted by Gasteiger charge is -2.32. The average molecular weight is 377 g/mol. The van der Waals surface area contributed by atoms with Crippen LogP contribution in [0.3, 0.4) is 0 Å². The monoisotopic (exact) mass is 376 g/mol. The first-order chi connectivity index (χ1) is 12.0. The Morgan fingerprint density at radius 2 is 1.88 bits per heavy atom. The van der Waals surface area contributed by atoms with E-state index in [9.17, 15) is 4.79 Å². The maximum atomic E-state index is 12.7. The molecular formula is C20H22Cl2N2O. The minimum atomic E-state index is -0.0189. The van der Waals surface area contributed by atoms with Gasteiger partial charge >= 0.3 is 0 Å². The molecule has 1 aliphatic heterocycles. The van der Waals surface area contributed by atoms with Crippen LogP contribution in [-0.2, 0) is 11.3 Å². The zero-order valence-electron chi connectivity index (χ0n) is 14.3. The SMILES string of the molecule is Cc1ccccc1NC(=O)C1CCCN(Cc2c(Cl)cccc2Cl)C1. The third kappa shape index (κ3) is 4.55. The van der Waals surface area contributed by atoms with Gasteiger partial charge in [-0.2, -0.15) is 0 Å². The van der Waals surface area contributed by atoms with Gasteiger partial charge in [-0.25, -0.2) is 0 Å². The summed E-state index contributed by atoms with van der Waals surface area (Å²) in [5, 5.41) is 4.43. The number of piperidine rings is 1. The normalized spacial score (nSPS) is 18.1. The Kier molecular flexibility index (Phi) is 6.00. The van der Waals surface area contributed by atoms with Crippen molar-refractivity contribution in [2.45, 2.75) is 26.3 Å².